The average molecular weight is 425 g/mol. The SMILES string of the molecule is O=C(COc1ccc2oc3c(c2c1)CCCC3)NCCc1cc(F)cc2c1OCOC2. The second-order valence-corrected chi connectivity index (χ2v) is 7.92. The summed E-state index contributed by atoms with van der Waals surface area (Å²) < 4.78 is 36.1. The highest BCUT2D eigenvalue weighted by molar-refractivity contribution is 5.84. The zero-order chi connectivity index (χ0) is 21.2. The van der Waals surface area contributed by atoms with Crippen molar-refractivity contribution in [2.75, 3.05) is 19.9 Å². The first-order valence-electron chi connectivity index (χ1n) is 10.6. The molecule has 0 saturated heterocycles. The van der Waals surface area contributed by atoms with Crippen molar-refractivity contribution in [1.29, 1.82) is 0 Å². The molecule has 1 amide bonds. The molecular weight excluding hydrogens is 401 g/mol. The number of ether oxygens (including phenoxy) is 3. The zero-order valence-electron chi connectivity index (χ0n) is 17.2. The number of nitrogens with one attached hydrogen (secondary N) is 1. The molecule has 2 aromatic carbocycles. The molecule has 0 atom stereocenters. The Kier molecular flexibility index (Phi) is 5.51. The Bertz CT molecular complexity index is 1120. The predicted molar refractivity (Wildman–Crippen MR) is 112 cm³/mol. The summed E-state index contributed by atoms with van der Waals surface area (Å²) >= 11 is 0. The second-order valence-electron chi connectivity index (χ2n) is 7.92. The Morgan fingerprint density at radius 1 is 1.16 bits per heavy atom. The van der Waals surface area contributed by atoms with E-state index in [1.54, 1.807) is 0 Å². The normalized spacial score (nSPS) is 15.1. The molecule has 1 aromatic heterocycles. The van der Waals surface area contributed by atoms with Crippen molar-refractivity contribution in [2.45, 2.75) is 38.7 Å². The summed E-state index contributed by atoms with van der Waals surface area (Å²) in [5.74, 6) is 1.80. The van der Waals surface area contributed by atoms with Crippen LogP contribution >= 0.6 is 0 Å². The van der Waals surface area contributed by atoms with Crippen LogP contribution in [0.2, 0.25) is 0 Å². The highest BCUT2D eigenvalue weighted by Gasteiger charge is 2.19. The van der Waals surface area contributed by atoms with Gasteiger partial charge in [0, 0.05) is 29.5 Å². The molecule has 7 heteroatoms. The van der Waals surface area contributed by atoms with Crippen molar-refractivity contribution >= 4 is 16.9 Å². The van der Waals surface area contributed by atoms with Crippen LogP contribution in [0.15, 0.2) is 34.7 Å². The first kappa shape index (κ1) is 19.9. The third-order valence-corrected chi connectivity index (χ3v) is 5.76. The Balaban J connectivity index is 1.16. The van der Waals surface area contributed by atoms with E-state index in [2.05, 4.69) is 5.32 Å². The highest BCUT2D eigenvalue weighted by Crippen LogP contribution is 2.34. The van der Waals surface area contributed by atoms with E-state index in [4.69, 9.17) is 18.6 Å². The Morgan fingerprint density at radius 2 is 2.06 bits per heavy atom. The number of fused-ring (bicyclic) bond motifs is 4. The van der Waals surface area contributed by atoms with Gasteiger partial charge in [0.15, 0.2) is 13.4 Å². The van der Waals surface area contributed by atoms with Gasteiger partial charge < -0.3 is 23.9 Å². The predicted octanol–water partition coefficient (Wildman–Crippen LogP) is 4.05. The van der Waals surface area contributed by atoms with Gasteiger partial charge in [-0.1, -0.05) is 0 Å². The molecule has 0 radical (unpaired) electrons. The first-order chi connectivity index (χ1) is 15.2. The standard InChI is InChI=1S/C24H24FNO5/c25-17-9-15(24-16(10-17)12-28-14-30-24)7-8-26-23(27)13-29-18-5-6-22-20(11-18)19-3-1-2-4-21(19)31-22/h5-6,9-11H,1-4,7-8,12-14H2,(H,26,27). The molecule has 0 bridgehead atoms. The van der Waals surface area contributed by atoms with Gasteiger partial charge in [-0.05, 0) is 61.6 Å². The van der Waals surface area contributed by atoms with Crippen LogP contribution in [0.1, 0.15) is 35.3 Å². The molecule has 1 aliphatic heterocycles. The van der Waals surface area contributed by atoms with Crippen LogP contribution in [0.4, 0.5) is 4.39 Å². The molecule has 0 saturated carbocycles. The molecule has 31 heavy (non-hydrogen) atoms. The van der Waals surface area contributed by atoms with E-state index in [0.717, 1.165) is 41.6 Å². The van der Waals surface area contributed by atoms with E-state index in [9.17, 15) is 9.18 Å². The van der Waals surface area contributed by atoms with E-state index in [0.29, 0.717) is 36.6 Å². The van der Waals surface area contributed by atoms with Crippen LogP contribution in [0.3, 0.4) is 0 Å². The fraction of sp³-hybridized carbons (Fsp3) is 0.375. The molecule has 0 fully saturated rings. The molecule has 0 unspecified atom stereocenters. The van der Waals surface area contributed by atoms with E-state index >= 15 is 0 Å². The quantitative estimate of drug-likeness (QED) is 0.645. The van der Waals surface area contributed by atoms with Crippen molar-refractivity contribution in [3.8, 4) is 11.5 Å². The minimum absolute atomic E-state index is 0.0862. The molecule has 0 spiro atoms. The lowest BCUT2D eigenvalue weighted by Crippen LogP contribution is -2.30. The van der Waals surface area contributed by atoms with Gasteiger partial charge in [-0.15, -0.1) is 0 Å². The molecule has 1 N–H and O–H groups in total. The molecule has 2 heterocycles. The number of carbonyl (C=O) groups excluding carboxylic acids is 1. The van der Waals surface area contributed by atoms with Gasteiger partial charge in [-0.3, -0.25) is 4.79 Å². The number of hydrogen-bond donors (Lipinski definition) is 1. The van der Waals surface area contributed by atoms with Crippen LogP contribution in [0.5, 0.6) is 11.5 Å². The number of rotatable bonds is 6. The Labute approximate surface area is 179 Å². The molecular formula is C24H24FNO5. The van der Waals surface area contributed by atoms with Gasteiger partial charge in [0.1, 0.15) is 28.7 Å². The largest absolute Gasteiger partial charge is 0.484 e. The zero-order valence-corrected chi connectivity index (χ0v) is 17.2. The summed E-state index contributed by atoms with van der Waals surface area (Å²) in [6, 6.07) is 8.53. The lowest BCUT2D eigenvalue weighted by Gasteiger charge is -2.21. The lowest BCUT2D eigenvalue weighted by atomic mass is 9.96. The highest BCUT2D eigenvalue weighted by atomic mass is 19.1. The third kappa shape index (κ3) is 4.23. The van der Waals surface area contributed by atoms with E-state index in [1.165, 1.54) is 24.1 Å². The van der Waals surface area contributed by atoms with Gasteiger partial charge in [-0.2, -0.15) is 0 Å². The maximum atomic E-state index is 13.8. The van der Waals surface area contributed by atoms with Crippen LogP contribution in [-0.4, -0.2) is 25.9 Å². The van der Waals surface area contributed by atoms with E-state index in [1.807, 2.05) is 18.2 Å². The molecule has 2 aliphatic rings. The number of benzene rings is 2. The Morgan fingerprint density at radius 3 is 3.00 bits per heavy atom. The van der Waals surface area contributed by atoms with Gasteiger partial charge in [0.2, 0.25) is 0 Å². The number of furan rings is 1. The fourth-order valence-corrected chi connectivity index (χ4v) is 4.31. The van der Waals surface area contributed by atoms with Crippen molar-refractivity contribution in [3.05, 3.63) is 58.6 Å². The minimum Gasteiger partial charge on any atom is -0.484 e. The van der Waals surface area contributed by atoms with Gasteiger partial charge in [0.05, 0.1) is 6.61 Å². The van der Waals surface area contributed by atoms with E-state index < -0.39 is 0 Å². The number of aryl methyl sites for hydroxylation is 2. The molecule has 162 valence electrons. The van der Waals surface area contributed by atoms with Gasteiger partial charge in [0.25, 0.3) is 5.91 Å². The summed E-state index contributed by atoms with van der Waals surface area (Å²) in [6.07, 6.45) is 4.79. The Hall–Kier alpha value is -3.06. The van der Waals surface area contributed by atoms with Gasteiger partial charge in [-0.25, -0.2) is 4.39 Å². The topological polar surface area (TPSA) is 69.9 Å². The average Bonchev–Trinajstić information content (AvgIpc) is 3.15. The number of halogens is 1. The fourth-order valence-electron chi connectivity index (χ4n) is 4.31. The summed E-state index contributed by atoms with van der Waals surface area (Å²) in [4.78, 5) is 12.2. The molecule has 3 aromatic rings. The van der Waals surface area contributed by atoms with Crippen LogP contribution in [0, 0.1) is 5.82 Å². The van der Waals surface area contributed by atoms with Gasteiger partial charge >= 0.3 is 0 Å². The van der Waals surface area contributed by atoms with Crippen molar-refractivity contribution in [3.63, 3.8) is 0 Å². The minimum atomic E-state index is -0.339. The van der Waals surface area contributed by atoms with Crippen LogP contribution < -0.4 is 14.8 Å². The number of carbonyl (C=O) groups is 1. The van der Waals surface area contributed by atoms with Crippen molar-refractivity contribution in [1.82, 2.24) is 5.32 Å². The summed E-state index contributed by atoms with van der Waals surface area (Å²) in [5, 5.41) is 3.89. The molecule has 5 rings (SSSR count). The smallest absolute Gasteiger partial charge is 0.257 e. The molecule has 6 nitrogen and oxygen atoms in total. The first-order valence-corrected chi connectivity index (χ1v) is 10.6. The number of amides is 1. The lowest BCUT2D eigenvalue weighted by molar-refractivity contribution is -0.123. The third-order valence-electron chi connectivity index (χ3n) is 5.76. The van der Waals surface area contributed by atoms with Crippen molar-refractivity contribution < 1.29 is 27.8 Å². The summed E-state index contributed by atoms with van der Waals surface area (Å²) in [7, 11) is 0. The van der Waals surface area contributed by atoms with E-state index in [-0.39, 0.29) is 25.1 Å². The maximum absolute atomic E-state index is 13.8. The van der Waals surface area contributed by atoms with Crippen LogP contribution in [-0.2, 0) is 35.4 Å². The van der Waals surface area contributed by atoms with Crippen LogP contribution in [0.25, 0.3) is 11.0 Å². The van der Waals surface area contributed by atoms with Crippen molar-refractivity contribution in [2.24, 2.45) is 0 Å². The summed E-state index contributed by atoms with van der Waals surface area (Å²) in [5.41, 5.74) is 3.54. The summed E-state index contributed by atoms with van der Waals surface area (Å²) in [6.45, 7) is 0.744. The number of hydrogen-bond acceptors (Lipinski definition) is 5. The molecule has 1 aliphatic carbocycles. The second kappa shape index (κ2) is 8.59. The monoisotopic (exact) mass is 425 g/mol. The maximum Gasteiger partial charge on any atom is 0.257 e.